The van der Waals surface area contributed by atoms with Crippen LogP contribution in [-0.4, -0.2) is 20.3 Å². The van der Waals surface area contributed by atoms with Crippen molar-refractivity contribution in [2.24, 2.45) is 0 Å². The van der Waals surface area contributed by atoms with Crippen molar-refractivity contribution >= 4 is 11.8 Å². The molecule has 0 aliphatic rings. The number of aromatic hydroxyl groups is 1. The van der Waals surface area contributed by atoms with Crippen LogP contribution in [0.2, 0.25) is 0 Å². The highest BCUT2D eigenvalue weighted by Gasteiger charge is 2.12. The number of aromatic nitrogens is 3. The van der Waals surface area contributed by atoms with Gasteiger partial charge in [-0.2, -0.15) is 0 Å². The standard InChI is InChI=1S/C14H11N3O2S/c18-12-4-2-1-3-11(12)13-16-17-14(19-13)20-9-10-5-7-15-8-6-10/h1-8,18H,9H2. The van der Waals surface area contributed by atoms with Gasteiger partial charge in [-0.05, 0) is 29.8 Å². The molecule has 0 aliphatic heterocycles. The van der Waals surface area contributed by atoms with Crippen LogP contribution in [0.3, 0.4) is 0 Å². The predicted octanol–water partition coefficient (Wildman–Crippen LogP) is 3.13. The molecule has 0 unspecified atom stereocenters. The summed E-state index contributed by atoms with van der Waals surface area (Å²) in [7, 11) is 0. The highest BCUT2D eigenvalue weighted by molar-refractivity contribution is 7.98. The second kappa shape index (κ2) is 5.75. The third-order valence-corrected chi connectivity index (χ3v) is 3.54. The number of hydrogen-bond donors (Lipinski definition) is 1. The number of benzene rings is 1. The molecule has 0 amide bonds. The number of pyridine rings is 1. The summed E-state index contributed by atoms with van der Waals surface area (Å²) in [5, 5.41) is 18.1. The summed E-state index contributed by atoms with van der Waals surface area (Å²) < 4.78 is 5.54. The molecule has 0 fully saturated rings. The van der Waals surface area contributed by atoms with Crippen LogP contribution in [0, 0.1) is 0 Å². The van der Waals surface area contributed by atoms with E-state index >= 15 is 0 Å². The predicted molar refractivity (Wildman–Crippen MR) is 75.2 cm³/mol. The first-order chi connectivity index (χ1) is 9.83. The van der Waals surface area contributed by atoms with E-state index in [-0.39, 0.29) is 5.75 Å². The molecule has 0 aliphatic carbocycles. The van der Waals surface area contributed by atoms with Gasteiger partial charge in [-0.3, -0.25) is 4.98 Å². The van der Waals surface area contributed by atoms with E-state index in [0.29, 0.717) is 16.7 Å². The van der Waals surface area contributed by atoms with Crippen LogP contribution in [0.25, 0.3) is 11.5 Å². The first-order valence-corrected chi connectivity index (χ1v) is 6.95. The molecule has 3 rings (SSSR count). The number of phenolic OH excluding ortho intramolecular Hbond substituents is 1. The highest BCUT2D eigenvalue weighted by Crippen LogP contribution is 2.30. The molecule has 0 spiro atoms. The Hall–Kier alpha value is -2.34. The molecule has 3 aromatic rings. The highest BCUT2D eigenvalue weighted by atomic mass is 32.2. The Morgan fingerprint density at radius 1 is 1.05 bits per heavy atom. The lowest BCUT2D eigenvalue weighted by molar-refractivity contribution is 0.452. The van der Waals surface area contributed by atoms with Gasteiger partial charge in [0.25, 0.3) is 11.1 Å². The zero-order chi connectivity index (χ0) is 13.8. The van der Waals surface area contributed by atoms with E-state index in [0.717, 1.165) is 11.3 Å². The van der Waals surface area contributed by atoms with Crippen molar-refractivity contribution in [3.63, 3.8) is 0 Å². The van der Waals surface area contributed by atoms with Crippen LogP contribution in [-0.2, 0) is 5.75 Å². The topological polar surface area (TPSA) is 72.0 Å². The molecule has 0 radical (unpaired) electrons. The maximum atomic E-state index is 9.74. The number of para-hydroxylation sites is 1. The molecule has 100 valence electrons. The molecule has 2 heterocycles. The summed E-state index contributed by atoms with van der Waals surface area (Å²) in [6.45, 7) is 0. The maximum absolute atomic E-state index is 9.74. The van der Waals surface area contributed by atoms with Gasteiger partial charge >= 0.3 is 0 Å². The Morgan fingerprint density at radius 2 is 1.85 bits per heavy atom. The van der Waals surface area contributed by atoms with Crippen molar-refractivity contribution in [2.75, 3.05) is 0 Å². The minimum absolute atomic E-state index is 0.127. The van der Waals surface area contributed by atoms with Crippen molar-refractivity contribution in [3.05, 3.63) is 54.4 Å². The van der Waals surface area contributed by atoms with E-state index in [4.69, 9.17) is 4.42 Å². The van der Waals surface area contributed by atoms with Crippen molar-refractivity contribution in [1.82, 2.24) is 15.2 Å². The Kier molecular flexibility index (Phi) is 3.64. The molecule has 1 N–H and O–H groups in total. The third kappa shape index (κ3) is 2.80. The quantitative estimate of drug-likeness (QED) is 0.742. The number of phenols is 1. The zero-order valence-corrected chi connectivity index (χ0v) is 11.2. The first-order valence-electron chi connectivity index (χ1n) is 5.96. The second-order valence-electron chi connectivity index (χ2n) is 4.03. The summed E-state index contributed by atoms with van der Waals surface area (Å²) in [6.07, 6.45) is 3.49. The molecule has 0 atom stereocenters. The largest absolute Gasteiger partial charge is 0.507 e. The van der Waals surface area contributed by atoms with Crippen molar-refractivity contribution in [2.45, 2.75) is 11.0 Å². The lowest BCUT2D eigenvalue weighted by Crippen LogP contribution is -1.80. The number of hydrogen-bond acceptors (Lipinski definition) is 6. The van der Waals surface area contributed by atoms with Crippen LogP contribution in [0.4, 0.5) is 0 Å². The summed E-state index contributed by atoms with van der Waals surface area (Å²) in [4.78, 5) is 3.97. The van der Waals surface area contributed by atoms with Gasteiger partial charge in [-0.15, -0.1) is 10.2 Å². The van der Waals surface area contributed by atoms with Crippen molar-refractivity contribution < 1.29 is 9.52 Å². The van der Waals surface area contributed by atoms with E-state index in [1.165, 1.54) is 11.8 Å². The van der Waals surface area contributed by atoms with Crippen LogP contribution in [0.1, 0.15) is 5.56 Å². The van der Waals surface area contributed by atoms with Crippen LogP contribution in [0.5, 0.6) is 5.75 Å². The van der Waals surface area contributed by atoms with Crippen molar-refractivity contribution in [3.8, 4) is 17.2 Å². The SMILES string of the molecule is Oc1ccccc1-c1nnc(SCc2ccncc2)o1. The van der Waals surface area contributed by atoms with E-state index in [1.54, 1.807) is 30.6 Å². The average Bonchev–Trinajstić information content (AvgIpc) is 2.95. The molecular formula is C14H11N3O2S. The Morgan fingerprint density at radius 3 is 2.65 bits per heavy atom. The molecule has 0 saturated heterocycles. The van der Waals surface area contributed by atoms with E-state index in [9.17, 15) is 5.11 Å². The summed E-state index contributed by atoms with van der Waals surface area (Å²) in [6, 6.07) is 10.8. The van der Waals surface area contributed by atoms with Gasteiger partial charge in [-0.1, -0.05) is 23.9 Å². The van der Waals surface area contributed by atoms with Gasteiger partial charge in [0.15, 0.2) is 0 Å². The fourth-order valence-corrected chi connectivity index (χ4v) is 2.37. The summed E-state index contributed by atoms with van der Waals surface area (Å²) >= 11 is 1.45. The normalized spacial score (nSPS) is 10.6. The van der Waals surface area contributed by atoms with Gasteiger partial charge in [0.05, 0.1) is 5.56 Å². The van der Waals surface area contributed by atoms with Gasteiger partial charge in [0.1, 0.15) is 5.75 Å². The Balaban J connectivity index is 1.73. The lowest BCUT2D eigenvalue weighted by Gasteiger charge is -1.98. The van der Waals surface area contributed by atoms with Gasteiger partial charge in [-0.25, -0.2) is 0 Å². The molecule has 1 aromatic carbocycles. The second-order valence-corrected chi connectivity index (χ2v) is 4.96. The van der Waals surface area contributed by atoms with Crippen LogP contribution >= 0.6 is 11.8 Å². The first kappa shape index (κ1) is 12.7. The lowest BCUT2D eigenvalue weighted by atomic mass is 10.2. The number of nitrogens with zero attached hydrogens (tertiary/aromatic N) is 3. The fraction of sp³-hybridized carbons (Fsp3) is 0.0714. The smallest absolute Gasteiger partial charge is 0.277 e. The van der Waals surface area contributed by atoms with Gasteiger partial charge in [0, 0.05) is 18.1 Å². The Bertz CT molecular complexity index is 700. The van der Waals surface area contributed by atoms with Crippen molar-refractivity contribution in [1.29, 1.82) is 0 Å². The van der Waals surface area contributed by atoms with E-state index in [1.807, 2.05) is 18.2 Å². The number of rotatable bonds is 4. The van der Waals surface area contributed by atoms with Gasteiger partial charge in [0.2, 0.25) is 0 Å². The molecule has 2 aromatic heterocycles. The third-order valence-electron chi connectivity index (χ3n) is 2.65. The Labute approximate surface area is 119 Å². The van der Waals surface area contributed by atoms with E-state index in [2.05, 4.69) is 15.2 Å². The minimum Gasteiger partial charge on any atom is -0.507 e. The molecule has 6 heteroatoms. The fourth-order valence-electron chi connectivity index (χ4n) is 1.66. The molecule has 0 saturated carbocycles. The molecule has 0 bridgehead atoms. The van der Waals surface area contributed by atoms with Gasteiger partial charge < -0.3 is 9.52 Å². The summed E-state index contributed by atoms with van der Waals surface area (Å²) in [5.41, 5.74) is 1.67. The van der Waals surface area contributed by atoms with E-state index < -0.39 is 0 Å². The molecule has 5 nitrogen and oxygen atoms in total. The maximum Gasteiger partial charge on any atom is 0.277 e. The number of thioether (sulfide) groups is 1. The van der Waals surface area contributed by atoms with Crippen LogP contribution < -0.4 is 0 Å². The average molecular weight is 285 g/mol. The zero-order valence-electron chi connectivity index (χ0n) is 10.4. The summed E-state index contributed by atoms with van der Waals surface area (Å²) in [5.74, 6) is 1.17. The minimum atomic E-state index is 0.127. The van der Waals surface area contributed by atoms with Crippen LogP contribution in [0.15, 0.2) is 58.4 Å². The molecular weight excluding hydrogens is 274 g/mol. The monoisotopic (exact) mass is 285 g/mol. The molecule has 20 heavy (non-hydrogen) atoms.